The third-order valence-corrected chi connectivity index (χ3v) is 3.26. The first-order chi connectivity index (χ1) is 8.15. The summed E-state index contributed by atoms with van der Waals surface area (Å²) in [5, 5.41) is 0. The Hall–Kier alpha value is -1.00. The summed E-state index contributed by atoms with van der Waals surface area (Å²) in [5.74, 6) is 2.26. The topological polar surface area (TPSA) is 29.5 Å². The van der Waals surface area contributed by atoms with Gasteiger partial charge in [-0.05, 0) is 26.2 Å². The summed E-state index contributed by atoms with van der Waals surface area (Å²) in [7, 11) is 5.65. The lowest BCUT2D eigenvalue weighted by atomic mass is 10.1. The highest BCUT2D eigenvalue weighted by atomic mass is 32.2. The Balaban J connectivity index is 2.47. The summed E-state index contributed by atoms with van der Waals surface area (Å²) in [6, 6.07) is 7.36. The van der Waals surface area contributed by atoms with E-state index < -0.39 is 0 Å². The van der Waals surface area contributed by atoms with E-state index in [0.29, 0.717) is 17.1 Å². The Morgan fingerprint density at radius 2 is 2.06 bits per heavy atom. The van der Waals surface area contributed by atoms with E-state index in [1.807, 2.05) is 38.4 Å². The highest BCUT2D eigenvalue weighted by Gasteiger charge is 2.10. The predicted octanol–water partition coefficient (Wildman–Crippen LogP) is 2.17. The number of carbonyl (C=O) groups excluding carboxylic acids is 1. The molecule has 0 saturated heterocycles. The number of ether oxygens (including phenoxy) is 1. The molecule has 17 heavy (non-hydrogen) atoms. The van der Waals surface area contributed by atoms with Crippen molar-refractivity contribution < 1.29 is 9.53 Å². The van der Waals surface area contributed by atoms with Crippen molar-refractivity contribution in [2.24, 2.45) is 0 Å². The Kier molecular flexibility index (Phi) is 6.08. The van der Waals surface area contributed by atoms with E-state index in [2.05, 4.69) is 4.90 Å². The first-order valence-electron chi connectivity index (χ1n) is 5.54. The van der Waals surface area contributed by atoms with Crippen LogP contribution in [-0.4, -0.2) is 49.9 Å². The SMILES string of the molecule is COc1ccccc1C(=O)CSCCN(C)C. The first-order valence-corrected chi connectivity index (χ1v) is 6.69. The Morgan fingerprint density at radius 1 is 1.35 bits per heavy atom. The van der Waals surface area contributed by atoms with Crippen LogP contribution in [0.3, 0.4) is 0 Å². The largest absolute Gasteiger partial charge is 0.496 e. The van der Waals surface area contributed by atoms with Crippen molar-refractivity contribution in [1.82, 2.24) is 4.90 Å². The van der Waals surface area contributed by atoms with Crippen LogP contribution in [0.1, 0.15) is 10.4 Å². The van der Waals surface area contributed by atoms with Crippen molar-refractivity contribution in [2.75, 3.05) is 39.3 Å². The highest BCUT2D eigenvalue weighted by Crippen LogP contribution is 2.19. The Bertz CT molecular complexity index is 366. The van der Waals surface area contributed by atoms with Crippen LogP contribution in [0, 0.1) is 0 Å². The van der Waals surface area contributed by atoms with Gasteiger partial charge in [0, 0.05) is 12.3 Å². The fourth-order valence-corrected chi connectivity index (χ4v) is 2.34. The number of nitrogens with zero attached hydrogens (tertiary/aromatic N) is 1. The molecule has 0 aliphatic rings. The van der Waals surface area contributed by atoms with E-state index in [1.54, 1.807) is 18.9 Å². The second kappa shape index (κ2) is 7.35. The summed E-state index contributed by atoms with van der Waals surface area (Å²) in [5.41, 5.74) is 0.673. The van der Waals surface area contributed by atoms with Gasteiger partial charge >= 0.3 is 0 Å². The van der Waals surface area contributed by atoms with Crippen LogP contribution in [0.15, 0.2) is 24.3 Å². The molecule has 0 amide bonds. The van der Waals surface area contributed by atoms with E-state index in [-0.39, 0.29) is 5.78 Å². The maximum absolute atomic E-state index is 12.0. The molecular weight excluding hydrogens is 234 g/mol. The van der Waals surface area contributed by atoms with Gasteiger partial charge in [-0.3, -0.25) is 4.79 Å². The zero-order valence-corrected chi connectivity index (χ0v) is 11.4. The summed E-state index contributed by atoms with van der Waals surface area (Å²) in [6.07, 6.45) is 0. The Labute approximate surface area is 107 Å². The second-order valence-electron chi connectivity index (χ2n) is 3.98. The smallest absolute Gasteiger partial charge is 0.176 e. The summed E-state index contributed by atoms with van der Waals surface area (Å²) >= 11 is 1.66. The summed E-state index contributed by atoms with van der Waals surface area (Å²) < 4.78 is 5.17. The standard InChI is InChI=1S/C13H19NO2S/c1-14(2)8-9-17-10-12(15)11-6-4-5-7-13(11)16-3/h4-7H,8-10H2,1-3H3. The van der Waals surface area contributed by atoms with Gasteiger partial charge in [-0.15, -0.1) is 0 Å². The number of Topliss-reactive ketones (excluding diaryl/α,β-unsaturated/α-hetero) is 1. The molecule has 0 atom stereocenters. The minimum absolute atomic E-state index is 0.131. The van der Waals surface area contributed by atoms with Crippen molar-refractivity contribution in [2.45, 2.75) is 0 Å². The summed E-state index contributed by atoms with van der Waals surface area (Å²) in [6.45, 7) is 0.990. The number of carbonyl (C=O) groups is 1. The fraction of sp³-hybridized carbons (Fsp3) is 0.462. The molecule has 4 heteroatoms. The number of benzene rings is 1. The summed E-state index contributed by atoms with van der Waals surface area (Å²) in [4.78, 5) is 14.1. The number of methoxy groups -OCH3 is 1. The quantitative estimate of drug-likeness (QED) is 0.550. The van der Waals surface area contributed by atoms with E-state index in [9.17, 15) is 4.79 Å². The van der Waals surface area contributed by atoms with E-state index in [4.69, 9.17) is 4.74 Å². The van der Waals surface area contributed by atoms with Gasteiger partial charge in [0.15, 0.2) is 5.78 Å². The van der Waals surface area contributed by atoms with Gasteiger partial charge in [-0.25, -0.2) is 0 Å². The molecule has 0 radical (unpaired) electrons. The molecular formula is C13H19NO2S. The average molecular weight is 253 g/mol. The Morgan fingerprint density at radius 3 is 2.71 bits per heavy atom. The molecule has 0 fully saturated rings. The van der Waals surface area contributed by atoms with Crippen LogP contribution in [-0.2, 0) is 0 Å². The molecule has 1 aromatic rings. The lowest BCUT2D eigenvalue weighted by Gasteiger charge is -2.09. The van der Waals surface area contributed by atoms with Gasteiger partial charge in [0.25, 0.3) is 0 Å². The van der Waals surface area contributed by atoms with Gasteiger partial charge in [0.05, 0.1) is 18.4 Å². The molecule has 1 rings (SSSR count). The molecule has 0 heterocycles. The van der Waals surface area contributed by atoms with Crippen LogP contribution in [0.4, 0.5) is 0 Å². The number of thioether (sulfide) groups is 1. The van der Waals surface area contributed by atoms with Crippen molar-refractivity contribution in [3.05, 3.63) is 29.8 Å². The van der Waals surface area contributed by atoms with Crippen LogP contribution in [0.25, 0.3) is 0 Å². The number of ketones is 1. The van der Waals surface area contributed by atoms with E-state index >= 15 is 0 Å². The monoisotopic (exact) mass is 253 g/mol. The molecule has 0 aliphatic heterocycles. The second-order valence-corrected chi connectivity index (χ2v) is 5.08. The molecule has 0 aromatic heterocycles. The lowest BCUT2D eigenvalue weighted by Crippen LogP contribution is -2.16. The molecule has 0 N–H and O–H groups in total. The molecule has 0 bridgehead atoms. The van der Waals surface area contributed by atoms with Crippen LogP contribution >= 0.6 is 11.8 Å². The maximum atomic E-state index is 12.0. The van der Waals surface area contributed by atoms with Crippen molar-refractivity contribution in [3.8, 4) is 5.75 Å². The van der Waals surface area contributed by atoms with Gasteiger partial charge in [-0.1, -0.05) is 12.1 Å². The molecule has 3 nitrogen and oxygen atoms in total. The average Bonchev–Trinajstić information content (AvgIpc) is 2.34. The van der Waals surface area contributed by atoms with E-state index in [1.165, 1.54) is 0 Å². The van der Waals surface area contributed by atoms with Crippen LogP contribution in [0.2, 0.25) is 0 Å². The first kappa shape index (κ1) is 14.1. The zero-order chi connectivity index (χ0) is 12.7. The number of rotatable bonds is 7. The fourth-order valence-electron chi connectivity index (χ4n) is 1.36. The minimum atomic E-state index is 0.131. The number of para-hydroxylation sites is 1. The van der Waals surface area contributed by atoms with Crippen molar-refractivity contribution in [1.29, 1.82) is 0 Å². The lowest BCUT2D eigenvalue weighted by molar-refractivity contribution is 0.101. The molecule has 0 aliphatic carbocycles. The van der Waals surface area contributed by atoms with Gasteiger partial charge in [0.2, 0.25) is 0 Å². The van der Waals surface area contributed by atoms with Crippen molar-refractivity contribution in [3.63, 3.8) is 0 Å². The molecule has 94 valence electrons. The molecule has 0 unspecified atom stereocenters. The maximum Gasteiger partial charge on any atom is 0.176 e. The normalized spacial score (nSPS) is 10.6. The third kappa shape index (κ3) is 4.79. The minimum Gasteiger partial charge on any atom is -0.496 e. The zero-order valence-electron chi connectivity index (χ0n) is 10.6. The van der Waals surface area contributed by atoms with Crippen molar-refractivity contribution >= 4 is 17.5 Å². The molecule has 0 spiro atoms. The number of hydrogen-bond donors (Lipinski definition) is 0. The molecule has 0 saturated carbocycles. The highest BCUT2D eigenvalue weighted by molar-refractivity contribution is 8.00. The number of hydrogen-bond acceptors (Lipinski definition) is 4. The van der Waals surface area contributed by atoms with Crippen LogP contribution in [0.5, 0.6) is 5.75 Å². The van der Waals surface area contributed by atoms with Crippen LogP contribution < -0.4 is 4.74 Å². The third-order valence-electron chi connectivity index (χ3n) is 2.32. The van der Waals surface area contributed by atoms with Gasteiger partial charge in [-0.2, -0.15) is 11.8 Å². The van der Waals surface area contributed by atoms with Gasteiger partial charge < -0.3 is 9.64 Å². The van der Waals surface area contributed by atoms with E-state index in [0.717, 1.165) is 12.3 Å². The predicted molar refractivity (Wildman–Crippen MR) is 73.2 cm³/mol. The molecule has 1 aromatic carbocycles. The van der Waals surface area contributed by atoms with Gasteiger partial charge in [0.1, 0.15) is 5.75 Å².